The van der Waals surface area contributed by atoms with Crippen LogP contribution < -0.4 is 5.73 Å². The van der Waals surface area contributed by atoms with Crippen LogP contribution in [0.15, 0.2) is 35.7 Å². The summed E-state index contributed by atoms with van der Waals surface area (Å²) in [4.78, 5) is 12.2. The fourth-order valence-corrected chi connectivity index (χ4v) is 2.30. The van der Waals surface area contributed by atoms with Gasteiger partial charge >= 0.3 is 5.97 Å². The molecular weight excluding hydrogens is 250 g/mol. The molecule has 1 heterocycles. The molecule has 18 heavy (non-hydrogen) atoms. The van der Waals surface area contributed by atoms with Crippen molar-refractivity contribution >= 4 is 23.0 Å². The van der Waals surface area contributed by atoms with Crippen LogP contribution in [-0.4, -0.2) is 11.1 Å². The number of carboxylic acids is 1. The third kappa shape index (κ3) is 2.88. The minimum absolute atomic E-state index is 0.128. The van der Waals surface area contributed by atoms with Crippen LogP contribution in [0.5, 0.6) is 0 Å². The van der Waals surface area contributed by atoms with Crippen LogP contribution in [-0.2, 0) is 18.0 Å². The molecule has 0 spiro atoms. The Balaban J connectivity index is 2.05. The van der Waals surface area contributed by atoms with Gasteiger partial charge in [-0.15, -0.1) is 11.3 Å². The molecule has 2 aromatic rings. The molecule has 1 aromatic heterocycles. The van der Waals surface area contributed by atoms with Crippen molar-refractivity contribution in [1.29, 1.82) is 0 Å². The highest BCUT2D eigenvalue weighted by Gasteiger charge is 2.13. The van der Waals surface area contributed by atoms with Gasteiger partial charge in [-0.2, -0.15) is 0 Å². The second kappa shape index (κ2) is 5.66. The van der Waals surface area contributed by atoms with E-state index in [1.54, 1.807) is 29.5 Å². The fraction of sp³-hybridized carbons (Fsp3) is 0.154. The van der Waals surface area contributed by atoms with Crippen LogP contribution in [0.25, 0.3) is 0 Å². The maximum atomic E-state index is 11.1. The SMILES string of the molecule is Nc1cccc(COCc2cccs2)c1C(=O)O. The maximum Gasteiger partial charge on any atom is 0.338 e. The first kappa shape index (κ1) is 12.6. The standard InChI is InChI=1S/C13H13NO3S/c14-11-5-1-3-9(12(11)13(15)16)7-17-8-10-4-2-6-18-10/h1-6H,7-8,14H2,(H,15,16). The van der Waals surface area contributed by atoms with Gasteiger partial charge in [0.05, 0.1) is 18.8 Å². The lowest BCUT2D eigenvalue weighted by molar-refractivity contribution is 0.0686. The van der Waals surface area contributed by atoms with E-state index in [-0.39, 0.29) is 17.9 Å². The first-order valence-corrected chi connectivity index (χ1v) is 6.27. The Bertz CT molecular complexity index is 537. The average molecular weight is 263 g/mol. The second-order valence-electron chi connectivity index (χ2n) is 3.76. The highest BCUT2D eigenvalue weighted by atomic mass is 32.1. The monoisotopic (exact) mass is 263 g/mol. The number of carbonyl (C=O) groups is 1. The lowest BCUT2D eigenvalue weighted by Gasteiger charge is -2.08. The minimum Gasteiger partial charge on any atom is -0.478 e. The summed E-state index contributed by atoms with van der Waals surface area (Å²) >= 11 is 1.61. The number of aromatic carboxylic acids is 1. The van der Waals surface area contributed by atoms with Crippen LogP contribution in [0.2, 0.25) is 0 Å². The van der Waals surface area contributed by atoms with E-state index in [4.69, 9.17) is 15.6 Å². The number of hydrogen-bond donors (Lipinski definition) is 2. The van der Waals surface area contributed by atoms with Crippen molar-refractivity contribution in [2.75, 3.05) is 5.73 Å². The first-order valence-electron chi connectivity index (χ1n) is 5.39. The molecule has 0 amide bonds. The highest BCUT2D eigenvalue weighted by molar-refractivity contribution is 7.09. The predicted octanol–water partition coefficient (Wildman–Crippen LogP) is 2.75. The lowest BCUT2D eigenvalue weighted by Crippen LogP contribution is -2.08. The lowest BCUT2D eigenvalue weighted by atomic mass is 10.1. The molecule has 0 fully saturated rings. The van der Waals surface area contributed by atoms with Crippen molar-refractivity contribution < 1.29 is 14.6 Å². The Morgan fingerprint density at radius 3 is 2.78 bits per heavy atom. The molecular formula is C13H13NO3S. The van der Waals surface area contributed by atoms with Crippen LogP contribution in [0.4, 0.5) is 5.69 Å². The molecule has 0 saturated heterocycles. The number of nitrogens with two attached hydrogens (primary N) is 1. The maximum absolute atomic E-state index is 11.1. The molecule has 0 aliphatic rings. The zero-order valence-electron chi connectivity index (χ0n) is 9.63. The quantitative estimate of drug-likeness (QED) is 0.813. The number of rotatable bonds is 5. The van der Waals surface area contributed by atoms with E-state index >= 15 is 0 Å². The summed E-state index contributed by atoms with van der Waals surface area (Å²) in [5.74, 6) is -1.03. The van der Waals surface area contributed by atoms with Gasteiger partial charge in [0.25, 0.3) is 0 Å². The van der Waals surface area contributed by atoms with Gasteiger partial charge < -0.3 is 15.6 Å². The highest BCUT2D eigenvalue weighted by Crippen LogP contribution is 2.19. The van der Waals surface area contributed by atoms with Crippen molar-refractivity contribution in [1.82, 2.24) is 0 Å². The number of ether oxygens (including phenoxy) is 1. The second-order valence-corrected chi connectivity index (χ2v) is 4.79. The number of hydrogen-bond acceptors (Lipinski definition) is 4. The summed E-state index contributed by atoms with van der Waals surface area (Å²) < 4.78 is 5.50. The van der Waals surface area contributed by atoms with Crippen LogP contribution in [0, 0.1) is 0 Å². The van der Waals surface area contributed by atoms with E-state index in [2.05, 4.69) is 0 Å². The molecule has 5 heteroatoms. The molecule has 2 rings (SSSR count). The third-order valence-corrected chi connectivity index (χ3v) is 3.33. The van der Waals surface area contributed by atoms with E-state index in [1.165, 1.54) is 0 Å². The Morgan fingerprint density at radius 2 is 2.11 bits per heavy atom. The van der Waals surface area contributed by atoms with Crippen LogP contribution >= 0.6 is 11.3 Å². The predicted molar refractivity (Wildman–Crippen MR) is 70.6 cm³/mol. The summed E-state index contributed by atoms with van der Waals surface area (Å²) in [5.41, 5.74) is 6.64. The van der Waals surface area contributed by atoms with E-state index in [1.807, 2.05) is 17.5 Å². The number of thiophene rings is 1. The number of nitrogen functional groups attached to an aromatic ring is 1. The van der Waals surface area contributed by atoms with Gasteiger partial charge in [0.15, 0.2) is 0 Å². The van der Waals surface area contributed by atoms with Crippen LogP contribution in [0.1, 0.15) is 20.8 Å². The number of carboxylic acid groups (broad SMARTS) is 1. The summed E-state index contributed by atoms with van der Waals surface area (Å²) in [5, 5.41) is 11.1. The molecule has 0 radical (unpaired) electrons. The minimum atomic E-state index is -1.03. The van der Waals surface area contributed by atoms with Crippen molar-refractivity contribution in [2.45, 2.75) is 13.2 Å². The number of benzene rings is 1. The van der Waals surface area contributed by atoms with Gasteiger partial charge in [-0.3, -0.25) is 0 Å². The normalized spacial score (nSPS) is 10.4. The summed E-state index contributed by atoms with van der Waals surface area (Å²) in [6.07, 6.45) is 0. The van der Waals surface area contributed by atoms with Gasteiger partial charge in [0, 0.05) is 10.6 Å². The Kier molecular flexibility index (Phi) is 3.96. The van der Waals surface area contributed by atoms with Crippen molar-refractivity contribution in [3.05, 3.63) is 51.7 Å². The van der Waals surface area contributed by atoms with Crippen molar-refractivity contribution in [2.24, 2.45) is 0 Å². The first-order chi connectivity index (χ1) is 8.68. The van der Waals surface area contributed by atoms with Crippen molar-refractivity contribution in [3.63, 3.8) is 0 Å². The fourth-order valence-electron chi connectivity index (χ4n) is 1.66. The molecule has 0 atom stereocenters. The summed E-state index contributed by atoms with van der Waals surface area (Å²) in [7, 11) is 0. The molecule has 0 bridgehead atoms. The van der Waals surface area contributed by atoms with Crippen LogP contribution in [0.3, 0.4) is 0 Å². The Labute approximate surface area is 109 Å². The van der Waals surface area contributed by atoms with Gasteiger partial charge in [-0.25, -0.2) is 4.79 Å². The van der Waals surface area contributed by atoms with Gasteiger partial charge in [0.1, 0.15) is 0 Å². The smallest absolute Gasteiger partial charge is 0.338 e. The molecule has 3 N–H and O–H groups in total. The summed E-state index contributed by atoms with van der Waals surface area (Å²) in [6.45, 7) is 0.718. The molecule has 0 unspecified atom stereocenters. The zero-order chi connectivity index (χ0) is 13.0. The Morgan fingerprint density at radius 1 is 1.28 bits per heavy atom. The molecule has 0 aliphatic carbocycles. The zero-order valence-corrected chi connectivity index (χ0v) is 10.4. The largest absolute Gasteiger partial charge is 0.478 e. The number of anilines is 1. The van der Waals surface area contributed by atoms with Gasteiger partial charge in [-0.1, -0.05) is 18.2 Å². The van der Waals surface area contributed by atoms with Crippen molar-refractivity contribution in [3.8, 4) is 0 Å². The average Bonchev–Trinajstić information content (AvgIpc) is 2.81. The molecule has 0 aliphatic heterocycles. The van der Waals surface area contributed by atoms with E-state index in [0.717, 1.165) is 4.88 Å². The molecule has 0 saturated carbocycles. The van der Waals surface area contributed by atoms with E-state index < -0.39 is 5.97 Å². The summed E-state index contributed by atoms with van der Waals surface area (Å²) in [6, 6.07) is 8.95. The van der Waals surface area contributed by atoms with E-state index in [9.17, 15) is 4.79 Å². The molecule has 94 valence electrons. The molecule has 4 nitrogen and oxygen atoms in total. The van der Waals surface area contributed by atoms with E-state index in [0.29, 0.717) is 12.2 Å². The third-order valence-electron chi connectivity index (χ3n) is 2.48. The topological polar surface area (TPSA) is 72.5 Å². The van der Waals surface area contributed by atoms with Gasteiger partial charge in [0.2, 0.25) is 0 Å². The molecule has 1 aromatic carbocycles. The Hall–Kier alpha value is -1.85. The van der Waals surface area contributed by atoms with Gasteiger partial charge in [-0.05, 0) is 23.1 Å².